The first kappa shape index (κ1) is 23.5. The van der Waals surface area contributed by atoms with Crippen LogP contribution in [0.25, 0.3) is 0 Å². The van der Waals surface area contributed by atoms with Gasteiger partial charge >= 0.3 is 0 Å². The normalized spacial score (nSPS) is 8.88. The molecule has 0 radical (unpaired) electrons. The van der Waals surface area contributed by atoms with E-state index in [2.05, 4.69) is 5.32 Å². The molecule has 1 aromatic carbocycles. The second-order valence-electron chi connectivity index (χ2n) is 4.48. The molecule has 0 aromatic heterocycles. The van der Waals surface area contributed by atoms with Crippen LogP contribution in [0.15, 0.2) is 30.3 Å². The van der Waals surface area contributed by atoms with Gasteiger partial charge in [0.2, 0.25) is 5.91 Å². The molecule has 2 amide bonds. The van der Waals surface area contributed by atoms with Crippen LogP contribution in [0.4, 0.5) is 0 Å². The molecule has 0 heterocycles. The van der Waals surface area contributed by atoms with Crippen molar-refractivity contribution < 1.29 is 29.4 Å². The standard InChI is InChI=1S/C11H15N3O2.2C2H4O2/c12-9(13)6-7-10(15)14-11(16)8-4-2-1-3-5-8;2*1-2(3)4/h1-5,9H,6-7,12-13H2,(H,14,15,16);2*1H3,(H,3,4). The Morgan fingerprint density at radius 2 is 1.42 bits per heavy atom. The third-order valence-electron chi connectivity index (χ3n) is 1.99. The molecule has 24 heavy (non-hydrogen) atoms. The van der Waals surface area contributed by atoms with Gasteiger partial charge in [0.1, 0.15) is 0 Å². The summed E-state index contributed by atoms with van der Waals surface area (Å²) in [4.78, 5) is 40.8. The summed E-state index contributed by atoms with van der Waals surface area (Å²) in [6.45, 7) is 2.17. The van der Waals surface area contributed by atoms with Gasteiger partial charge < -0.3 is 21.7 Å². The fraction of sp³-hybridized carbons (Fsp3) is 0.333. The van der Waals surface area contributed by atoms with E-state index in [9.17, 15) is 9.59 Å². The molecule has 0 saturated carbocycles. The average molecular weight is 341 g/mol. The average Bonchev–Trinajstić information content (AvgIpc) is 2.45. The topological polar surface area (TPSA) is 173 Å². The minimum absolute atomic E-state index is 0.149. The molecule has 0 saturated heterocycles. The number of carbonyl (C=O) groups is 4. The monoisotopic (exact) mass is 341 g/mol. The molecule has 0 aliphatic carbocycles. The summed E-state index contributed by atoms with van der Waals surface area (Å²) in [6, 6.07) is 8.53. The second kappa shape index (κ2) is 13.9. The minimum Gasteiger partial charge on any atom is -0.481 e. The van der Waals surface area contributed by atoms with Crippen molar-refractivity contribution in [1.29, 1.82) is 0 Å². The molecular weight excluding hydrogens is 318 g/mol. The van der Waals surface area contributed by atoms with E-state index in [1.54, 1.807) is 30.3 Å². The zero-order chi connectivity index (χ0) is 19.1. The molecule has 9 nitrogen and oxygen atoms in total. The van der Waals surface area contributed by atoms with Crippen molar-refractivity contribution in [2.24, 2.45) is 11.5 Å². The summed E-state index contributed by atoms with van der Waals surface area (Å²) in [5.41, 5.74) is 11.0. The van der Waals surface area contributed by atoms with Crippen LogP contribution in [0.3, 0.4) is 0 Å². The molecule has 0 aliphatic heterocycles. The van der Waals surface area contributed by atoms with Gasteiger partial charge in [-0.1, -0.05) is 18.2 Å². The first-order valence-corrected chi connectivity index (χ1v) is 6.85. The number of carbonyl (C=O) groups excluding carboxylic acids is 2. The zero-order valence-electron chi connectivity index (χ0n) is 13.6. The number of rotatable bonds is 4. The first-order chi connectivity index (χ1) is 11.1. The van der Waals surface area contributed by atoms with Crippen molar-refractivity contribution in [3.8, 4) is 0 Å². The summed E-state index contributed by atoms with van der Waals surface area (Å²) in [6.07, 6.45) is -0.0259. The highest BCUT2D eigenvalue weighted by molar-refractivity contribution is 6.04. The Morgan fingerprint density at radius 1 is 1.00 bits per heavy atom. The molecule has 0 bridgehead atoms. The lowest BCUT2D eigenvalue weighted by Crippen LogP contribution is -2.35. The van der Waals surface area contributed by atoms with E-state index in [-0.39, 0.29) is 12.3 Å². The third-order valence-corrected chi connectivity index (χ3v) is 1.99. The largest absolute Gasteiger partial charge is 0.481 e. The molecular formula is C15H23N3O6. The number of nitrogens with two attached hydrogens (primary N) is 2. The molecule has 9 heteroatoms. The summed E-state index contributed by atoms with van der Waals surface area (Å²) < 4.78 is 0. The molecule has 1 rings (SSSR count). The number of hydrogen-bond acceptors (Lipinski definition) is 6. The molecule has 0 aliphatic rings. The van der Waals surface area contributed by atoms with E-state index in [0.717, 1.165) is 13.8 Å². The maximum atomic E-state index is 11.5. The number of imide groups is 1. The number of aliphatic carboxylic acids is 2. The van der Waals surface area contributed by atoms with Crippen molar-refractivity contribution in [2.45, 2.75) is 32.9 Å². The first-order valence-electron chi connectivity index (χ1n) is 6.85. The number of amides is 2. The molecule has 0 atom stereocenters. The van der Waals surface area contributed by atoms with Crippen molar-refractivity contribution in [1.82, 2.24) is 5.32 Å². The van der Waals surface area contributed by atoms with Crippen LogP contribution in [0.2, 0.25) is 0 Å². The Hall–Kier alpha value is -2.78. The number of carboxylic acid groups (broad SMARTS) is 2. The summed E-state index contributed by atoms with van der Waals surface area (Å²) in [5, 5.41) is 17.1. The van der Waals surface area contributed by atoms with Gasteiger partial charge in [-0.25, -0.2) is 0 Å². The van der Waals surface area contributed by atoms with Gasteiger partial charge in [0, 0.05) is 25.8 Å². The lowest BCUT2D eigenvalue weighted by atomic mass is 10.2. The van der Waals surface area contributed by atoms with E-state index < -0.39 is 24.0 Å². The smallest absolute Gasteiger partial charge is 0.300 e. The Balaban J connectivity index is 0. The predicted molar refractivity (Wildman–Crippen MR) is 86.9 cm³/mol. The van der Waals surface area contributed by atoms with Gasteiger partial charge in [-0.05, 0) is 18.6 Å². The second-order valence-corrected chi connectivity index (χ2v) is 4.48. The molecule has 0 unspecified atom stereocenters. The van der Waals surface area contributed by atoms with Crippen molar-refractivity contribution in [2.75, 3.05) is 0 Å². The van der Waals surface area contributed by atoms with E-state index >= 15 is 0 Å². The van der Waals surface area contributed by atoms with E-state index in [4.69, 9.17) is 31.3 Å². The van der Waals surface area contributed by atoms with Gasteiger partial charge in [0.25, 0.3) is 17.8 Å². The Kier molecular flexibility index (Phi) is 13.6. The number of hydrogen-bond donors (Lipinski definition) is 5. The number of carboxylic acids is 2. The van der Waals surface area contributed by atoms with Crippen molar-refractivity contribution in [3.63, 3.8) is 0 Å². The van der Waals surface area contributed by atoms with Gasteiger partial charge in [0.05, 0.1) is 6.17 Å². The van der Waals surface area contributed by atoms with Gasteiger partial charge in [-0.3, -0.25) is 24.5 Å². The molecule has 1 aromatic rings. The SMILES string of the molecule is CC(=O)O.CC(=O)O.NC(N)CCC(=O)NC(=O)c1ccccc1. The van der Waals surface area contributed by atoms with E-state index in [1.165, 1.54) is 0 Å². The van der Waals surface area contributed by atoms with Crippen LogP contribution >= 0.6 is 0 Å². The van der Waals surface area contributed by atoms with Crippen molar-refractivity contribution in [3.05, 3.63) is 35.9 Å². The van der Waals surface area contributed by atoms with Gasteiger partial charge in [-0.2, -0.15) is 0 Å². The molecule has 7 N–H and O–H groups in total. The van der Waals surface area contributed by atoms with E-state index in [0.29, 0.717) is 12.0 Å². The summed E-state index contributed by atoms with van der Waals surface area (Å²) >= 11 is 0. The highest BCUT2D eigenvalue weighted by atomic mass is 16.4. The number of benzene rings is 1. The summed E-state index contributed by atoms with van der Waals surface area (Å²) in [7, 11) is 0. The third kappa shape index (κ3) is 19.2. The Labute approximate surface area is 139 Å². The van der Waals surface area contributed by atoms with E-state index in [1.807, 2.05) is 0 Å². The van der Waals surface area contributed by atoms with Crippen molar-refractivity contribution >= 4 is 23.8 Å². The highest BCUT2D eigenvalue weighted by Gasteiger charge is 2.09. The zero-order valence-corrected chi connectivity index (χ0v) is 13.6. The van der Waals surface area contributed by atoms with Crippen LogP contribution in [-0.4, -0.2) is 40.1 Å². The Bertz CT molecular complexity index is 511. The minimum atomic E-state index is -0.833. The van der Waals surface area contributed by atoms with Crippen LogP contribution < -0.4 is 16.8 Å². The maximum absolute atomic E-state index is 11.5. The maximum Gasteiger partial charge on any atom is 0.300 e. The van der Waals surface area contributed by atoms with Crippen LogP contribution in [0.1, 0.15) is 37.0 Å². The molecule has 134 valence electrons. The fourth-order valence-electron chi connectivity index (χ4n) is 1.15. The lowest BCUT2D eigenvalue weighted by Gasteiger charge is -2.05. The van der Waals surface area contributed by atoms with Crippen LogP contribution in [0, 0.1) is 0 Å². The quantitative estimate of drug-likeness (QED) is 0.481. The fourth-order valence-corrected chi connectivity index (χ4v) is 1.15. The number of nitrogens with one attached hydrogen (secondary N) is 1. The lowest BCUT2D eigenvalue weighted by molar-refractivity contribution is -0.135. The predicted octanol–water partition coefficient (Wildman–Crippen LogP) is 0.149. The van der Waals surface area contributed by atoms with Crippen LogP contribution in [0.5, 0.6) is 0 Å². The summed E-state index contributed by atoms with van der Waals surface area (Å²) in [5.74, 6) is -2.44. The van der Waals surface area contributed by atoms with Crippen LogP contribution in [-0.2, 0) is 14.4 Å². The molecule has 0 spiro atoms. The van der Waals surface area contributed by atoms with Gasteiger partial charge in [0.15, 0.2) is 0 Å². The van der Waals surface area contributed by atoms with Gasteiger partial charge in [-0.15, -0.1) is 0 Å². The highest BCUT2D eigenvalue weighted by Crippen LogP contribution is 1.98. The molecule has 0 fully saturated rings. The Morgan fingerprint density at radius 3 is 1.79 bits per heavy atom.